The molecule has 3 rings (SSSR count). The van der Waals surface area contributed by atoms with Crippen LogP contribution in [-0.4, -0.2) is 28.5 Å². The molecule has 1 aromatic heterocycles. The van der Waals surface area contributed by atoms with Crippen LogP contribution in [0.25, 0.3) is 0 Å². The molecule has 20 heavy (non-hydrogen) atoms. The molecule has 0 radical (unpaired) electrons. The Morgan fingerprint density at radius 3 is 2.55 bits per heavy atom. The molecule has 5 nitrogen and oxygen atoms in total. The number of amides is 2. The minimum Gasteiger partial charge on any atom is -0.384 e. The van der Waals surface area contributed by atoms with Gasteiger partial charge in [-0.2, -0.15) is 0 Å². The van der Waals surface area contributed by atoms with Gasteiger partial charge < -0.3 is 5.11 Å². The van der Waals surface area contributed by atoms with Crippen molar-refractivity contribution in [3.63, 3.8) is 0 Å². The highest BCUT2D eigenvalue weighted by Crippen LogP contribution is 2.63. The third kappa shape index (κ3) is 1.65. The normalized spacial score (nSPS) is 26.1. The summed E-state index contributed by atoms with van der Waals surface area (Å²) in [4.78, 5) is 29.9. The number of aliphatic hydroxyl groups is 1. The molecule has 5 heteroatoms. The standard InChI is InChI=1S/C15H14N2O3/c1-15(2)11-12(15)14(20)17(13(11)19)10-7-3-5-9(16-10)6-4-8-18/h3,5,7,11-12,18H,8H2,1-2H3. The molecule has 1 aliphatic heterocycles. The van der Waals surface area contributed by atoms with Crippen molar-refractivity contribution in [1.82, 2.24) is 4.98 Å². The zero-order valence-corrected chi connectivity index (χ0v) is 11.3. The number of rotatable bonds is 1. The number of aliphatic hydroxyl groups excluding tert-OH is 1. The van der Waals surface area contributed by atoms with Crippen molar-refractivity contribution in [2.45, 2.75) is 13.8 Å². The van der Waals surface area contributed by atoms with E-state index in [-0.39, 0.29) is 35.7 Å². The first-order valence-corrected chi connectivity index (χ1v) is 6.43. The van der Waals surface area contributed by atoms with Crippen molar-refractivity contribution in [1.29, 1.82) is 0 Å². The van der Waals surface area contributed by atoms with Gasteiger partial charge >= 0.3 is 0 Å². The van der Waals surface area contributed by atoms with Crippen LogP contribution in [0.5, 0.6) is 0 Å². The number of hydrogen-bond donors (Lipinski definition) is 1. The summed E-state index contributed by atoms with van der Waals surface area (Å²) in [5.41, 5.74) is 0.205. The van der Waals surface area contributed by atoms with Crippen LogP contribution < -0.4 is 4.90 Å². The van der Waals surface area contributed by atoms with Crippen LogP contribution in [0.3, 0.4) is 0 Å². The molecule has 1 aromatic rings. The van der Waals surface area contributed by atoms with E-state index in [2.05, 4.69) is 16.8 Å². The summed E-state index contributed by atoms with van der Waals surface area (Å²) in [6.07, 6.45) is 0. The zero-order valence-electron chi connectivity index (χ0n) is 11.3. The maximum absolute atomic E-state index is 12.3. The summed E-state index contributed by atoms with van der Waals surface area (Å²) >= 11 is 0. The zero-order chi connectivity index (χ0) is 14.5. The van der Waals surface area contributed by atoms with E-state index < -0.39 is 0 Å². The topological polar surface area (TPSA) is 70.5 Å². The largest absolute Gasteiger partial charge is 0.384 e. The first-order chi connectivity index (χ1) is 9.48. The highest BCUT2D eigenvalue weighted by molar-refractivity contribution is 6.25. The second kappa shape index (κ2) is 4.15. The van der Waals surface area contributed by atoms with Gasteiger partial charge in [0, 0.05) is 0 Å². The molecular weight excluding hydrogens is 256 g/mol. The molecule has 1 aliphatic carbocycles. The van der Waals surface area contributed by atoms with E-state index >= 15 is 0 Å². The van der Waals surface area contributed by atoms with Gasteiger partial charge in [0.2, 0.25) is 11.8 Å². The fourth-order valence-corrected chi connectivity index (χ4v) is 2.92. The number of fused-ring (bicyclic) bond motifs is 1. The summed E-state index contributed by atoms with van der Waals surface area (Å²) in [6, 6.07) is 4.99. The minimum absolute atomic E-state index is 0.176. The van der Waals surface area contributed by atoms with Gasteiger partial charge in [0.1, 0.15) is 18.1 Å². The minimum atomic E-state index is -0.258. The van der Waals surface area contributed by atoms with Crippen LogP contribution >= 0.6 is 0 Å². The smallest absolute Gasteiger partial charge is 0.239 e. The number of carbonyl (C=O) groups is 2. The van der Waals surface area contributed by atoms with Gasteiger partial charge in [-0.15, -0.1) is 0 Å². The summed E-state index contributed by atoms with van der Waals surface area (Å²) in [5.74, 6) is 4.68. The predicted molar refractivity (Wildman–Crippen MR) is 71.5 cm³/mol. The molecule has 2 heterocycles. The number of aromatic nitrogens is 1. The molecule has 2 unspecified atom stereocenters. The van der Waals surface area contributed by atoms with Crippen molar-refractivity contribution < 1.29 is 14.7 Å². The molecule has 2 fully saturated rings. The van der Waals surface area contributed by atoms with Gasteiger partial charge in [0.05, 0.1) is 11.8 Å². The second-order valence-electron chi connectivity index (χ2n) is 5.63. The van der Waals surface area contributed by atoms with E-state index in [1.165, 1.54) is 0 Å². The maximum Gasteiger partial charge on any atom is 0.239 e. The van der Waals surface area contributed by atoms with Crippen molar-refractivity contribution in [3.05, 3.63) is 23.9 Å². The Bertz CT molecular complexity index is 645. The quantitative estimate of drug-likeness (QED) is 0.598. The molecule has 102 valence electrons. The number of piperidine rings is 1. The molecule has 2 amide bonds. The summed E-state index contributed by atoms with van der Waals surface area (Å²) < 4.78 is 0. The SMILES string of the molecule is CC1(C)C2C(=O)N(c3cccc(C#CCO)n3)C(=O)C21. The lowest BCUT2D eigenvalue weighted by molar-refractivity contribution is -0.125. The van der Waals surface area contributed by atoms with Crippen LogP contribution in [0, 0.1) is 29.1 Å². The molecule has 2 atom stereocenters. The number of hydrogen-bond acceptors (Lipinski definition) is 4. The lowest BCUT2D eigenvalue weighted by Gasteiger charge is -2.19. The Morgan fingerprint density at radius 1 is 1.30 bits per heavy atom. The number of anilines is 1. The first-order valence-electron chi connectivity index (χ1n) is 6.43. The van der Waals surface area contributed by atoms with Gasteiger partial charge in [-0.1, -0.05) is 25.8 Å². The van der Waals surface area contributed by atoms with Gasteiger partial charge in [-0.05, 0) is 23.5 Å². The number of nitrogens with zero attached hydrogens (tertiary/aromatic N) is 2. The van der Waals surface area contributed by atoms with Crippen LogP contribution in [0.1, 0.15) is 19.5 Å². The summed E-state index contributed by atoms with van der Waals surface area (Å²) in [6.45, 7) is 3.61. The van der Waals surface area contributed by atoms with Crippen molar-refractivity contribution >= 4 is 17.6 Å². The third-order valence-electron chi connectivity index (χ3n) is 4.06. The number of imide groups is 1. The Balaban J connectivity index is 1.92. The fourth-order valence-electron chi connectivity index (χ4n) is 2.92. The highest BCUT2D eigenvalue weighted by atomic mass is 16.2. The molecule has 0 spiro atoms. The average Bonchev–Trinajstić information content (AvgIpc) is 2.87. The van der Waals surface area contributed by atoms with Crippen LogP contribution in [0.15, 0.2) is 18.2 Å². The highest BCUT2D eigenvalue weighted by Gasteiger charge is 2.72. The van der Waals surface area contributed by atoms with Crippen molar-refractivity contribution in [2.75, 3.05) is 11.5 Å². The number of carbonyl (C=O) groups excluding carboxylic acids is 2. The first kappa shape index (κ1) is 12.8. The van der Waals surface area contributed by atoms with E-state index in [1.54, 1.807) is 18.2 Å². The van der Waals surface area contributed by atoms with Crippen LogP contribution in [-0.2, 0) is 9.59 Å². The molecule has 1 saturated carbocycles. The van der Waals surface area contributed by atoms with Gasteiger partial charge in [-0.3, -0.25) is 9.59 Å². The molecule has 2 aliphatic rings. The lowest BCUT2D eigenvalue weighted by Crippen LogP contribution is -2.36. The Labute approximate surface area is 116 Å². The van der Waals surface area contributed by atoms with E-state index in [0.29, 0.717) is 11.5 Å². The van der Waals surface area contributed by atoms with Crippen LogP contribution in [0.2, 0.25) is 0 Å². The van der Waals surface area contributed by atoms with E-state index in [1.807, 2.05) is 13.8 Å². The summed E-state index contributed by atoms with van der Waals surface area (Å²) in [7, 11) is 0. The second-order valence-corrected chi connectivity index (χ2v) is 5.63. The van der Waals surface area contributed by atoms with E-state index in [9.17, 15) is 9.59 Å². The Morgan fingerprint density at radius 2 is 1.95 bits per heavy atom. The maximum atomic E-state index is 12.3. The van der Waals surface area contributed by atoms with Crippen LogP contribution in [0.4, 0.5) is 5.82 Å². The fraction of sp³-hybridized carbons (Fsp3) is 0.400. The average molecular weight is 270 g/mol. The lowest BCUT2D eigenvalue weighted by atomic mass is 10.1. The Kier molecular flexibility index (Phi) is 2.66. The number of pyridine rings is 1. The molecule has 0 bridgehead atoms. The van der Waals surface area contributed by atoms with Crippen molar-refractivity contribution in [2.24, 2.45) is 17.3 Å². The predicted octanol–water partition coefficient (Wildman–Crippen LogP) is 0.571. The van der Waals surface area contributed by atoms with Gasteiger partial charge in [-0.25, -0.2) is 9.88 Å². The van der Waals surface area contributed by atoms with E-state index in [0.717, 1.165) is 4.90 Å². The third-order valence-corrected chi connectivity index (χ3v) is 4.06. The van der Waals surface area contributed by atoms with Crippen molar-refractivity contribution in [3.8, 4) is 11.8 Å². The van der Waals surface area contributed by atoms with Gasteiger partial charge in [0.15, 0.2) is 0 Å². The molecule has 0 aromatic carbocycles. The molecular formula is C15H14N2O3. The van der Waals surface area contributed by atoms with E-state index in [4.69, 9.17) is 5.11 Å². The van der Waals surface area contributed by atoms with Gasteiger partial charge in [0.25, 0.3) is 0 Å². The monoisotopic (exact) mass is 270 g/mol. The molecule has 1 saturated heterocycles. The summed E-state index contributed by atoms with van der Waals surface area (Å²) in [5, 5.41) is 8.67. The molecule has 1 N–H and O–H groups in total. The Hall–Kier alpha value is -2.19.